The van der Waals surface area contributed by atoms with Crippen molar-refractivity contribution in [2.75, 3.05) is 7.11 Å². The van der Waals surface area contributed by atoms with Crippen molar-refractivity contribution in [2.24, 2.45) is 7.05 Å². The third-order valence-electron chi connectivity index (χ3n) is 3.20. The van der Waals surface area contributed by atoms with Gasteiger partial charge in [-0.15, -0.1) is 0 Å². The molecule has 130 valence electrons. The predicted molar refractivity (Wildman–Crippen MR) is 85.2 cm³/mol. The van der Waals surface area contributed by atoms with Crippen molar-refractivity contribution in [3.63, 3.8) is 0 Å². The van der Waals surface area contributed by atoms with Gasteiger partial charge < -0.3 is 4.74 Å². The van der Waals surface area contributed by atoms with Crippen LogP contribution in [-0.4, -0.2) is 21.6 Å². The number of aromatic nitrogens is 3. The number of aryl methyl sites for hydroxylation is 1. The zero-order valence-electron chi connectivity index (χ0n) is 13.0. The Morgan fingerprint density at radius 1 is 1.24 bits per heavy atom. The lowest BCUT2D eigenvalue weighted by Crippen LogP contribution is -2.19. The Labute approximate surface area is 144 Å². The van der Waals surface area contributed by atoms with E-state index in [0.717, 1.165) is 24.2 Å². The van der Waals surface area contributed by atoms with Gasteiger partial charge in [-0.1, -0.05) is 6.07 Å². The van der Waals surface area contributed by atoms with Gasteiger partial charge in [-0.05, 0) is 18.2 Å². The Morgan fingerprint density at radius 2 is 1.96 bits per heavy atom. The number of benzene rings is 1. The van der Waals surface area contributed by atoms with Crippen molar-refractivity contribution < 1.29 is 22.7 Å². The Kier molecular flexibility index (Phi) is 4.93. The van der Waals surface area contributed by atoms with E-state index in [4.69, 9.17) is 4.74 Å². The van der Waals surface area contributed by atoms with Gasteiger partial charge in [0.05, 0.1) is 7.11 Å². The maximum atomic E-state index is 13.7. The van der Waals surface area contributed by atoms with E-state index in [-0.39, 0.29) is 10.9 Å². The molecule has 0 fully saturated rings. The molecule has 0 N–H and O–H groups in total. The van der Waals surface area contributed by atoms with Crippen LogP contribution in [0.4, 0.5) is 8.78 Å². The molecule has 0 spiro atoms. The fraction of sp³-hybridized carbons (Fsp3) is 0.133. The number of fused-ring (bicyclic) bond motifs is 1. The highest BCUT2D eigenvalue weighted by atomic mass is 32.2. The summed E-state index contributed by atoms with van der Waals surface area (Å²) in [5, 5.41) is 0.661. The maximum Gasteiger partial charge on any atom is 0.294 e. The van der Waals surface area contributed by atoms with Crippen LogP contribution in [0.3, 0.4) is 0 Å². The molecular formula is C15H11F2N3O4S. The zero-order valence-corrected chi connectivity index (χ0v) is 13.8. The topological polar surface area (TPSA) is 75.5 Å². The van der Waals surface area contributed by atoms with Crippen LogP contribution in [0.15, 0.2) is 40.4 Å². The summed E-state index contributed by atoms with van der Waals surface area (Å²) in [5.41, 5.74) is -0.318. The van der Waals surface area contributed by atoms with Gasteiger partial charge in [0.25, 0.3) is 5.56 Å². The Bertz CT molecular complexity index is 976. The van der Waals surface area contributed by atoms with E-state index in [1.807, 2.05) is 0 Å². The predicted octanol–water partition coefficient (Wildman–Crippen LogP) is 2.98. The van der Waals surface area contributed by atoms with Crippen LogP contribution < -0.4 is 10.3 Å². The summed E-state index contributed by atoms with van der Waals surface area (Å²) in [5.74, 6) is -2.74. The number of hydrogen-bond donors (Lipinski definition) is 0. The molecule has 0 saturated carbocycles. The molecule has 3 rings (SSSR count). The molecule has 0 unspecified atom stereocenters. The van der Waals surface area contributed by atoms with Gasteiger partial charge in [-0.25, -0.2) is 23.6 Å². The zero-order chi connectivity index (χ0) is 18.0. The lowest BCUT2D eigenvalue weighted by Gasteiger charge is -2.10. The first-order chi connectivity index (χ1) is 12.0. The highest BCUT2D eigenvalue weighted by molar-refractivity contribution is 7.94. The summed E-state index contributed by atoms with van der Waals surface area (Å²) >= 11 is 0.770. The molecule has 3 aromatic rings. The van der Waals surface area contributed by atoms with E-state index in [1.54, 1.807) is 0 Å². The Morgan fingerprint density at radius 3 is 2.64 bits per heavy atom. The van der Waals surface area contributed by atoms with Crippen molar-refractivity contribution in [3.05, 3.63) is 52.5 Å². The number of pyridine rings is 1. The van der Waals surface area contributed by atoms with Gasteiger partial charge in [-0.2, -0.15) is 4.33 Å². The molecule has 0 aliphatic carbocycles. The summed E-state index contributed by atoms with van der Waals surface area (Å²) in [4.78, 5) is 25.0. The molecule has 1 aromatic carbocycles. The number of hydrogen-bond acceptors (Lipinski definition) is 7. The van der Waals surface area contributed by atoms with Crippen LogP contribution in [0.2, 0.25) is 0 Å². The molecule has 10 heteroatoms. The Hall–Kier alpha value is -2.56. The van der Waals surface area contributed by atoms with Gasteiger partial charge in [0.2, 0.25) is 5.16 Å². The highest BCUT2D eigenvalue weighted by Crippen LogP contribution is 2.27. The normalized spacial score (nSPS) is 11.0. The second kappa shape index (κ2) is 7.13. The van der Waals surface area contributed by atoms with E-state index in [9.17, 15) is 13.6 Å². The molecule has 0 saturated heterocycles. The average molecular weight is 367 g/mol. The van der Waals surface area contributed by atoms with Crippen molar-refractivity contribution in [1.29, 1.82) is 0 Å². The van der Waals surface area contributed by atoms with E-state index < -0.39 is 22.9 Å². The van der Waals surface area contributed by atoms with Gasteiger partial charge in [0.15, 0.2) is 23.1 Å². The van der Waals surface area contributed by atoms with E-state index >= 15 is 0 Å². The first-order valence-electron chi connectivity index (χ1n) is 6.87. The third kappa shape index (κ3) is 3.45. The number of ether oxygens (including phenoxy) is 1. The SMILES string of the molecule is COOSc1ncc2cc(Oc3c(F)cccc3F)c(=O)n(C)c2n1. The van der Waals surface area contributed by atoms with Crippen molar-refractivity contribution >= 4 is 23.1 Å². The van der Waals surface area contributed by atoms with Crippen LogP contribution in [0.5, 0.6) is 11.5 Å². The minimum atomic E-state index is -0.915. The monoisotopic (exact) mass is 367 g/mol. The minimum Gasteiger partial charge on any atom is -0.445 e. The Balaban J connectivity index is 2.06. The highest BCUT2D eigenvalue weighted by Gasteiger charge is 2.16. The smallest absolute Gasteiger partial charge is 0.294 e. The standard InChI is InChI=1S/C15H11F2N3O4S/c1-20-13-8(7-18-15(19-13)25-24-22-2)6-11(14(20)21)23-12-9(16)4-3-5-10(12)17/h3-7H,1-2H3. The summed E-state index contributed by atoms with van der Waals surface area (Å²) in [6.07, 6.45) is 1.42. The molecular weight excluding hydrogens is 356 g/mol. The van der Waals surface area contributed by atoms with Crippen molar-refractivity contribution in [2.45, 2.75) is 5.16 Å². The average Bonchev–Trinajstić information content (AvgIpc) is 2.60. The summed E-state index contributed by atoms with van der Waals surface area (Å²) in [7, 11) is 2.78. The van der Waals surface area contributed by atoms with Crippen LogP contribution in [0, 0.1) is 11.6 Å². The fourth-order valence-corrected chi connectivity index (χ4v) is 2.42. The summed E-state index contributed by atoms with van der Waals surface area (Å²) < 4.78 is 38.5. The molecule has 2 aromatic heterocycles. The molecule has 0 bridgehead atoms. The van der Waals surface area contributed by atoms with Gasteiger partial charge >= 0.3 is 0 Å². The van der Waals surface area contributed by atoms with Crippen LogP contribution in [0.1, 0.15) is 0 Å². The first kappa shape index (κ1) is 17.3. The van der Waals surface area contributed by atoms with Crippen LogP contribution in [0.25, 0.3) is 11.0 Å². The van der Waals surface area contributed by atoms with E-state index in [1.165, 1.54) is 37.1 Å². The quantitative estimate of drug-likeness (QED) is 0.297. The molecule has 0 radical (unpaired) electrons. The van der Waals surface area contributed by atoms with E-state index in [2.05, 4.69) is 19.2 Å². The largest absolute Gasteiger partial charge is 0.445 e. The summed E-state index contributed by atoms with van der Waals surface area (Å²) in [6.45, 7) is 0. The lowest BCUT2D eigenvalue weighted by atomic mass is 10.3. The van der Waals surface area contributed by atoms with Crippen LogP contribution >= 0.6 is 12.0 Å². The number of rotatable bonds is 5. The van der Waals surface area contributed by atoms with E-state index in [0.29, 0.717) is 11.0 Å². The first-order valence-corrected chi connectivity index (χ1v) is 7.61. The van der Waals surface area contributed by atoms with Gasteiger partial charge in [0, 0.05) is 18.6 Å². The maximum absolute atomic E-state index is 13.7. The number of nitrogens with zero attached hydrogens (tertiary/aromatic N) is 3. The van der Waals surface area contributed by atoms with Gasteiger partial charge in [0.1, 0.15) is 17.7 Å². The second-order valence-corrected chi connectivity index (χ2v) is 5.44. The molecule has 0 amide bonds. The minimum absolute atomic E-state index is 0.221. The third-order valence-corrected chi connectivity index (χ3v) is 3.75. The molecule has 2 heterocycles. The molecule has 7 nitrogen and oxygen atoms in total. The van der Waals surface area contributed by atoms with Crippen LogP contribution in [-0.2, 0) is 16.3 Å². The van der Waals surface area contributed by atoms with Crippen molar-refractivity contribution in [1.82, 2.24) is 14.5 Å². The molecule has 0 atom stereocenters. The van der Waals surface area contributed by atoms with Crippen molar-refractivity contribution in [3.8, 4) is 11.5 Å². The molecule has 25 heavy (non-hydrogen) atoms. The fourth-order valence-electron chi connectivity index (χ4n) is 2.07. The number of para-hydroxylation sites is 1. The molecule has 0 aliphatic rings. The lowest BCUT2D eigenvalue weighted by molar-refractivity contribution is -0.160. The second-order valence-electron chi connectivity index (χ2n) is 4.78. The number of halogens is 2. The van der Waals surface area contributed by atoms with Gasteiger partial charge in [-0.3, -0.25) is 9.36 Å². The summed E-state index contributed by atoms with van der Waals surface area (Å²) in [6, 6.07) is 4.58. The molecule has 0 aliphatic heterocycles.